The van der Waals surface area contributed by atoms with Gasteiger partial charge in [0.05, 0.1) is 0 Å². The highest BCUT2D eigenvalue weighted by atomic mass is 35.5. The molecule has 2 rings (SSSR count). The average molecular weight is 291 g/mol. The molecule has 2 aromatic rings. The molecule has 0 radical (unpaired) electrons. The van der Waals surface area contributed by atoms with Gasteiger partial charge in [-0.15, -0.1) is 0 Å². The van der Waals surface area contributed by atoms with Crippen molar-refractivity contribution in [2.24, 2.45) is 0 Å². The number of halogens is 1. The van der Waals surface area contributed by atoms with Crippen molar-refractivity contribution in [3.63, 3.8) is 0 Å². The van der Waals surface area contributed by atoms with Gasteiger partial charge in [0.1, 0.15) is 16.7 Å². The lowest BCUT2D eigenvalue weighted by molar-refractivity contribution is 0.443. The normalized spacial score (nSPS) is 11.5. The van der Waals surface area contributed by atoms with Crippen LogP contribution in [0.25, 0.3) is 0 Å². The summed E-state index contributed by atoms with van der Waals surface area (Å²) in [6, 6.07) is 7.66. The van der Waals surface area contributed by atoms with Crippen LogP contribution < -0.4 is 4.74 Å². The van der Waals surface area contributed by atoms with Crippen molar-refractivity contribution in [2.45, 2.75) is 40.0 Å². The fourth-order valence-electron chi connectivity index (χ4n) is 1.81. The minimum atomic E-state index is -0.175. The van der Waals surface area contributed by atoms with E-state index in [0.717, 1.165) is 11.3 Å². The molecule has 0 saturated heterocycles. The first-order chi connectivity index (χ1) is 9.25. The zero-order valence-electron chi connectivity index (χ0n) is 12.5. The Labute approximate surface area is 125 Å². The Morgan fingerprint density at radius 3 is 2.35 bits per heavy atom. The summed E-state index contributed by atoms with van der Waals surface area (Å²) in [5, 5.41) is 0.393. The molecule has 0 aliphatic heterocycles. The number of hydrogen-bond acceptors (Lipinski definition) is 3. The minimum Gasteiger partial charge on any atom is -0.439 e. The lowest BCUT2D eigenvalue weighted by atomic mass is 9.96. The van der Waals surface area contributed by atoms with Crippen LogP contribution in [0.15, 0.2) is 24.3 Å². The number of benzene rings is 1. The maximum absolute atomic E-state index is 6.06. The van der Waals surface area contributed by atoms with Crippen molar-refractivity contribution in [3.05, 3.63) is 46.4 Å². The molecule has 0 unspecified atom stereocenters. The van der Waals surface area contributed by atoms with E-state index >= 15 is 0 Å². The SMILES string of the molecule is Cc1ccc(Oc2cc(Cl)nc(C(C)(C)C)n2)c(C)c1. The molecule has 0 spiro atoms. The van der Waals surface area contributed by atoms with Crippen LogP contribution in [0.1, 0.15) is 37.7 Å². The summed E-state index contributed by atoms with van der Waals surface area (Å²) in [5.41, 5.74) is 2.09. The fraction of sp³-hybridized carbons (Fsp3) is 0.375. The molecule has 4 heteroatoms. The molecule has 20 heavy (non-hydrogen) atoms. The van der Waals surface area contributed by atoms with Gasteiger partial charge < -0.3 is 4.74 Å². The van der Waals surface area contributed by atoms with Gasteiger partial charge in [-0.2, -0.15) is 4.98 Å². The van der Waals surface area contributed by atoms with Crippen molar-refractivity contribution in [1.82, 2.24) is 9.97 Å². The van der Waals surface area contributed by atoms with E-state index < -0.39 is 0 Å². The lowest BCUT2D eigenvalue weighted by Crippen LogP contribution is -2.16. The Bertz CT molecular complexity index is 633. The molecule has 0 N–H and O–H groups in total. The molecule has 106 valence electrons. The molecule has 0 amide bonds. The Kier molecular flexibility index (Phi) is 4.00. The second kappa shape index (κ2) is 5.41. The van der Waals surface area contributed by atoms with Gasteiger partial charge in [-0.05, 0) is 25.5 Å². The molecule has 0 aliphatic carbocycles. The summed E-state index contributed by atoms with van der Waals surface area (Å²) in [5.74, 6) is 1.93. The zero-order chi connectivity index (χ0) is 14.9. The van der Waals surface area contributed by atoms with Crippen molar-refractivity contribution >= 4 is 11.6 Å². The van der Waals surface area contributed by atoms with Gasteiger partial charge in [0, 0.05) is 11.5 Å². The summed E-state index contributed by atoms with van der Waals surface area (Å²) in [7, 11) is 0. The second-order valence-electron chi connectivity index (χ2n) is 5.97. The maximum atomic E-state index is 6.06. The van der Waals surface area contributed by atoms with E-state index in [0.29, 0.717) is 16.9 Å². The monoisotopic (exact) mass is 290 g/mol. The zero-order valence-corrected chi connectivity index (χ0v) is 13.2. The molecule has 1 aromatic heterocycles. The van der Waals surface area contributed by atoms with Gasteiger partial charge in [-0.3, -0.25) is 0 Å². The van der Waals surface area contributed by atoms with E-state index in [1.807, 2.05) is 39.8 Å². The molecule has 0 saturated carbocycles. The van der Waals surface area contributed by atoms with Gasteiger partial charge in [-0.25, -0.2) is 4.98 Å². The molecular weight excluding hydrogens is 272 g/mol. The molecule has 1 aromatic carbocycles. The number of ether oxygens (including phenoxy) is 1. The molecular formula is C16H19ClN2O. The highest BCUT2D eigenvalue weighted by Crippen LogP contribution is 2.28. The van der Waals surface area contributed by atoms with Crippen molar-refractivity contribution in [2.75, 3.05) is 0 Å². The summed E-state index contributed by atoms with van der Waals surface area (Å²) < 4.78 is 5.85. The molecule has 0 aliphatic rings. The van der Waals surface area contributed by atoms with Crippen LogP contribution in [0.4, 0.5) is 0 Å². The van der Waals surface area contributed by atoms with E-state index in [9.17, 15) is 0 Å². The lowest BCUT2D eigenvalue weighted by Gasteiger charge is -2.17. The third kappa shape index (κ3) is 3.48. The van der Waals surface area contributed by atoms with E-state index in [2.05, 4.69) is 23.0 Å². The van der Waals surface area contributed by atoms with Crippen LogP contribution in [0.3, 0.4) is 0 Å². The van der Waals surface area contributed by atoms with E-state index in [-0.39, 0.29) is 5.41 Å². The Morgan fingerprint density at radius 1 is 1.05 bits per heavy atom. The number of nitrogens with zero attached hydrogens (tertiary/aromatic N) is 2. The van der Waals surface area contributed by atoms with Gasteiger partial charge >= 0.3 is 0 Å². The predicted octanol–water partition coefficient (Wildman–Crippen LogP) is 4.84. The first-order valence-electron chi connectivity index (χ1n) is 6.56. The van der Waals surface area contributed by atoms with Crippen LogP contribution in [0.5, 0.6) is 11.6 Å². The summed E-state index contributed by atoms with van der Waals surface area (Å²) >= 11 is 6.06. The topological polar surface area (TPSA) is 35.0 Å². The highest BCUT2D eigenvalue weighted by Gasteiger charge is 2.19. The second-order valence-corrected chi connectivity index (χ2v) is 6.36. The average Bonchev–Trinajstić information content (AvgIpc) is 2.31. The molecule has 0 fully saturated rings. The standard InChI is InChI=1S/C16H19ClN2O/c1-10-6-7-12(11(2)8-10)20-14-9-13(17)18-15(19-14)16(3,4)5/h6-9H,1-5H3. The minimum absolute atomic E-state index is 0.175. The maximum Gasteiger partial charge on any atom is 0.224 e. The largest absolute Gasteiger partial charge is 0.439 e. The van der Waals surface area contributed by atoms with Gasteiger partial charge in [-0.1, -0.05) is 50.1 Å². The fourth-order valence-corrected chi connectivity index (χ4v) is 1.98. The van der Waals surface area contributed by atoms with Crippen LogP contribution in [-0.2, 0) is 5.41 Å². The summed E-state index contributed by atoms with van der Waals surface area (Å²) in [4.78, 5) is 8.70. The van der Waals surface area contributed by atoms with Crippen LogP contribution >= 0.6 is 11.6 Å². The molecule has 0 bridgehead atoms. The first-order valence-corrected chi connectivity index (χ1v) is 6.94. The highest BCUT2D eigenvalue weighted by molar-refractivity contribution is 6.29. The molecule has 1 heterocycles. The van der Waals surface area contributed by atoms with E-state index in [1.165, 1.54) is 5.56 Å². The Hall–Kier alpha value is -1.61. The van der Waals surface area contributed by atoms with Gasteiger partial charge in [0.15, 0.2) is 0 Å². The third-order valence-electron chi connectivity index (χ3n) is 2.89. The number of aryl methyl sites for hydroxylation is 2. The smallest absolute Gasteiger partial charge is 0.224 e. The van der Waals surface area contributed by atoms with Gasteiger partial charge in [0.25, 0.3) is 0 Å². The Morgan fingerprint density at radius 2 is 1.75 bits per heavy atom. The summed E-state index contributed by atoms with van der Waals surface area (Å²) in [6.45, 7) is 10.2. The summed E-state index contributed by atoms with van der Waals surface area (Å²) in [6.07, 6.45) is 0. The third-order valence-corrected chi connectivity index (χ3v) is 3.08. The predicted molar refractivity (Wildman–Crippen MR) is 81.7 cm³/mol. The number of hydrogen-bond donors (Lipinski definition) is 0. The van der Waals surface area contributed by atoms with Crippen molar-refractivity contribution < 1.29 is 4.74 Å². The number of aromatic nitrogens is 2. The number of rotatable bonds is 2. The van der Waals surface area contributed by atoms with Crippen molar-refractivity contribution in [1.29, 1.82) is 0 Å². The Balaban J connectivity index is 2.36. The quantitative estimate of drug-likeness (QED) is 0.743. The van der Waals surface area contributed by atoms with Gasteiger partial charge in [0.2, 0.25) is 5.88 Å². The molecule has 0 atom stereocenters. The van der Waals surface area contributed by atoms with E-state index in [4.69, 9.17) is 16.3 Å². The van der Waals surface area contributed by atoms with Crippen molar-refractivity contribution in [3.8, 4) is 11.6 Å². The van der Waals surface area contributed by atoms with Crippen LogP contribution in [0.2, 0.25) is 5.15 Å². The van der Waals surface area contributed by atoms with Crippen LogP contribution in [-0.4, -0.2) is 9.97 Å². The first kappa shape index (κ1) is 14.8. The van der Waals surface area contributed by atoms with Crippen LogP contribution in [0, 0.1) is 13.8 Å². The van der Waals surface area contributed by atoms with E-state index in [1.54, 1.807) is 6.07 Å². The molecule has 3 nitrogen and oxygen atoms in total.